The van der Waals surface area contributed by atoms with Gasteiger partial charge in [0.15, 0.2) is 6.61 Å². The Balaban J connectivity index is 1.48. The van der Waals surface area contributed by atoms with Crippen molar-refractivity contribution in [1.29, 1.82) is 0 Å². The average molecular weight is 464 g/mol. The molecule has 8 heteroatoms. The number of carbonyl (C=O) groups excluding carboxylic acids is 2. The lowest BCUT2D eigenvalue weighted by atomic mass is 10.1. The lowest BCUT2D eigenvalue weighted by Gasteiger charge is -2.20. The fourth-order valence-corrected chi connectivity index (χ4v) is 3.71. The zero-order valence-corrected chi connectivity index (χ0v) is 19.0. The highest BCUT2D eigenvalue weighted by atomic mass is 19.1. The third-order valence-corrected chi connectivity index (χ3v) is 5.58. The molecule has 1 N–H and O–H groups in total. The molecule has 0 saturated heterocycles. The number of amides is 2. The SMILES string of the molecule is COc1cc(OC)cc(C(=O)Nc2ccc3c(c2)CN(CCc2ccc(F)cc2)C(=O)CO3)c1. The minimum atomic E-state index is -0.323. The van der Waals surface area contributed by atoms with E-state index in [4.69, 9.17) is 14.2 Å². The number of fused-ring (bicyclic) bond motifs is 1. The molecule has 0 aromatic heterocycles. The lowest BCUT2D eigenvalue weighted by molar-refractivity contribution is -0.133. The van der Waals surface area contributed by atoms with Gasteiger partial charge in [-0.2, -0.15) is 0 Å². The molecule has 34 heavy (non-hydrogen) atoms. The van der Waals surface area contributed by atoms with E-state index in [0.29, 0.717) is 48.0 Å². The molecule has 0 radical (unpaired) electrons. The molecule has 4 rings (SSSR count). The van der Waals surface area contributed by atoms with Crippen LogP contribution in [0.5, 0.6) is 17.2 Å². The number of carbonyl (C=O) groups is 2. The Kier molecular flexibility index (Phi) is 6.96. The highest BCUT2D eigenvalue weighted by Gasteiger charge is 2.22. The number of methoxy groups -OCH3 is 2. The Morgan fingerprint density at radius 1 is 1.03 bits per heavy atom. The summed E-state index contributed by atoms with van der Waals surface area (Å²) < 4.78 is 29.3. The van der Waals surface area contributed by atoms with Gasteiger partial charge in [0.25, 0.3) is 11.8 Å². The van der Waals surface area contributed by atoms with Gasteiger partial charge in [-0.25, -0.2) is 4.39 Å². The minimum absolute atomic E-state index is 0.0638. The van der Waals surface area contributed by atoms with E-state index in [0.717, 1.165) is 11.1 Å². The van der Waals surface area contributed by atoms with Gasteiger partial charge in [0.1, 0.15) is 23.1 Å². The number of hydrogen-bond donors (Lipinski definition) is 1. The maximum atomic E-state index is 13.2. The smallest absolute Gasteiger partial charge is 0.260 e. The molecule has 176 valence electrons. The van der Waals surface area contributed by atoms with Crippen molar-refractivity contribution in [3.63, 3.8) is 0 Å². The van der Waals surface area contributed by atoms with Crippen molar-refractivity contribution >= 4 is 17.5 Å². The maximum absolute atomic E-state index is 13.2. The number of ether oxygens (including phenoxy) is 3. The summed E-state index contributed by atoms with van der Waals surface area (Å²) >= 11 is 0. The minimum Gasteiger partial charge on any atom is -0.497 e. The van der Waals surface area contributed by atoms with Crippen molar-refractivity contribution in [3.8, 4) is 17.2 Å². The molecule has 0 saturated carbocycles. The van der Waals surface area contributed by atoms with E-state index < -0.39 is 0 Å². The highest BCUT2D eigenvalue weighted by Crippen LogP contribution is 2.28. The van der Waals surface area contributed by atoms with Gasteiger partial charge in [0.05, 0.1) is 14.2 Å². The molecule has 1 heterocycles. The summed E-state index contributed by atoms with van der Waals surface area (Å²) in [4.78, 5) is 27.1. The van der Waals surface area contributed by atoms with Crippen molar-refractivity contribution in [2.45, 2.75) is 13.0 Å². The fourth-order valence-electron chi connectivity index (χ4n) is 3.71. The van der Waals surface area contributed by atoms with E-state index in [1.165, 1.54) is 26.4 Å². The summed E-state index contributed by atoms with van der Waals surface area (Å²) in [5, 5.41) is 2.88. The Labute approximate surface area is 197 Å². The quantitative estimate of drug-likeness (QED) is 0.571. The van der Waals surface area contributed by atoms with Crippen molar-refractivity contribution in [2.75, 3.05) is 32.7 Å². The molecular weight excluding hydrogens is 439 g/mol. The Morgan fingerprint density at radius 3 is 2.41 bits per heavy atom. The lowest BCUT2D eigenvalue weighted by Crippen LogP contribution is -2.34. The molecule has 0 bridgehead atoms. The van der Waals surface area contributed by atoms with Crippen LogP contribution < -0.4 is 19.5 Å². The van der Waals surface area contributed by atoms with Crippen LogP contribution >= 0.6 is 0 Å². The van der Waals surface area contributed by atoms with Crippen LogP contribution in [0.3, 0.4) is 0 Å². The zero-order chi connectivity index (χ0) is 24.1. The maximum Gasteiger partial charge on any atom is 0.260 e. The number of benzene rings is 3. The van der Waals surface area contributed by atoms with Gasteiger partial charge in [0, 0.05) is 36.0 Å². The van der Waals surface area contributed by atoms with Crippen LogP contribution in [0.25, 0.3) is 0 Å². The average Bonchev–Trinajstić information content (AvgIpc) is 3.01. The first-order valence-electron chi connectivity index (χ1n) is 10.8. The molecule has 0 atom stereocenters. The molecule has 0 spiro atoms. The molecule has 3 aromatic rings. The molecular formula is C26H25FN2O5. The van der Waals surface area contributed by atoms with E-state index >= 15 is 0 Å². The van der Waals surface area contributed by atoms with Gasteiger partial charge >= 0.3 is 0 Å². The Hall–Kier alpha value is -4.07. The van der Waals surface area contributed by atoms with Crippen LogP contribution in [0.4, 0.5) is 10.1 Å². The second kappa shape index (κ2) is 10.2. The largest absolute Gasteiger partial charge is 0.497 e. The van der Waals surface area contributed by atoms with Gasteiger partial charge in [-0.15, -0.1) is 0 Å². The van der Waals surface area contributed by atoms with Crippen molar-refractivity contribution < 1.29 is 28.2 Å². The molecule has 0 aliphatic carbocycles. The summed E-state index contributed by atoms with van der Waals surface area (Å²) in [7, 11) is 3.04. The summed E-state index contributed by atoms with van der Waals surface area (Å²) in [5.74, 6) is 0.867. The van der Waals surface area contributed by atoms with Gasteiger partial charge < -0.3 is 24.4 Å². The third-order valence-electron chi connectivity index (χ3n) is 5.58. The molecule has 3 aromatic carbocycles. The van der Waals surface area contributed by atoms with E-state index in [9.17, 15) is 14.0 Å². The molecule has 0 fully saturated rings. The van der Waals surface area contributed by atoms with E-state index in [1.807, 2.05) is 0 Å². The monoisotopic (exact) mass is 464 g/mol. The highest BCUT2D eigenvalue weighted by molar-refractivity contribution is 6.04. The Morgan fingerprint density at radius 2 is 1.74 bits per heavy atom. The second-order valence-corrected chi connectivity index (χ2v) is 7.86. The summed E-state index contributed by atoms with van der Waals surface area (Å²) in [6.07, 6.45) is 0.593. The zero-order valence-electron chi connectivity index (χ0n) is 19.0. The van der Waals surface area contributed by atoms with Crippen molar-refractivity contribution in [1.82, 2.24) is 4.90 Å². The van der Waals surface area contributed by atoms with Crippen LogP contribution in [-0.2, 0) is 17.8 Å². The number of rotatable bonds is 7. The Bertz CT molecular complexity index is 1170. The molecule has 1 aliphatic heterocycles. The standard InChI is InChI=1S/C26H25FN2O5/c1-32-22-12-18(13-23(14-22)33-2)26(31)28-21-7-8-24-19(11-21)15-29(25(30)16-34-24)10-9-17-3-5-20(27)6-4-17/h3-8,11-14H,9-10,15-16H2,1-2H3,(H,28,31). The number of halogens is 1. The number of nitrogens with zero attached hydrogens (tertiary/aromatic N) is 1. The van der Waals surface area contributed by atoms with Crippen LogP contribution in [-0.4, -0.2) is 44.1 Å². The fraction of sp³-hybridized carbons (Fsp3) is 0.231. The first kappa shape index (κ1) is 23.1. The van der Waals surface area contributed by atoms with E-state index in [2.05, 4.69) is 5.32 Å². The molecule has 2 amide bonds. The van der Waals surface area contributed by atoms with E-state index in [1.54, 1.807) is 53.4 Å². The van der Waals surface area contributed by atoms with Crippen LogP contribution in [0, 0.1) is 5.82 Å². The summed E-state index contributed by atoms with van der Waals surface area (Å²) in [6.45, 7) is 0.741. The first-order chi connectivity index (χ1) is 16.4. The summed E-state index contributed by atoms with van der Waals surface area (Å²) in [6, 6.07) is 16.5. The first-order valence-corrected chi connectivity index (χ1v) is 10.8. The number of anilines is 1. The normalized spacial score (nSPS) is 12.9. The number of nitrogens with one attached hydrogen (secondary N) is 1. The van der Waals surface area contributed by atoms with Crippen molar-refractivity contribution in [3.05, 3.63) is 83.2 Å². The molecule has 1 aliphatic rings. The topological polar surface area (TPSA) is 77.1 Å². The van der Waals surface area contributed by atoms with Crippen molar-refractivity contribution in [2.24, 2.45) is 0 Å². The van der Waals surface area contributed by atoms with Gasteiger partial charge in [-0.05, 0) is 54.4 Å². The van der Waals surface area contributed by atoms with Gasteiger partial charge in [-0.1, -0.05) is 12.1 Å². The summed E-state index contributed by atoms with van der Waals surface area (Å²) in [5.41, 5.74) is 2.68. The van der Waals surface area contributed by atoms with Gasteiger partial charge in [-0.3, -0.25) is 9.59 Å². The van der Waals surface area contributed by atoms with Crippen LogP contribution in [0.15, 0.2) is 60.7 Å². The second-order valence-electron chi connectivity index (χ2n) is 7.86. The van der Waals surface area contributed by atoms with Crippen LogP contribution in [0.2, 0.25) is 0 Å². The van der Waals surface area contributed by atoms with Crippen LogP contribution in [0.1, 0.15) is 21.5 Å². The number of hydrogen-bond acceptors (Lipinski definition) is 5. The predicted molar refractivity (Wildman–Crippen MR) is 125 cm³/mol. The van der Waals surface area contributed by atoms with E-state index in [-0.39, 0.29) is 24.2 Å². The molecule has 0 unspecified atom stereocenters. The predicted octanol–water partition coefficient (Wildman–Crippen LogP) is 4.06. The molecule has 7 nitrogen and oxygen atoms in total. The third kappa shape index (κ3) is 5.46. The van der Waals surface area contributed by atoms with Gasteiger partial charge in [0.2, 0.25) is 0 Å².